The molecule has 0 radical (unpaired) electrons. The number of carbonyl (C=O) groups excluding carboxylic acids is 1. The first-order valence-corrected chi connectivity index (χ1v) is 11.2. The minimum absolute atomic E-state index is 0.0702. The second-order valence-electron chi connectivity index (χ2n) is 8.48. The van der Waals surface area contributed by atoms with Gasteiger partial charge in [-0.1, -0.05) is 0 Å². The first-order valence-electron chi connectivity index (χ1n) is 11.2. The van der Waals surface area contributed by atoms with Crippen molar-refractivity contribution >= 4 is 28.2 Å². The molecule has 0 N–H and O–H groups in total. The monoisotopic (exact) mass is 416 g/mol. The van der Waals surface area contributed by atoms with Gasteiger partial charge in [0.15, 0.2) is 0 Å². The van der Waals surface area contributed by atoms with E-state index in [-0.39, 0.29) is 5.91 Å². The van der Waals surface area contributed by atoms with Crippen LogP contribution in [0.2, 0.25) is 0 Å². The Kier molecular flexibility index (Phi) is 5.55. The van der Waals surface area contributed by atoms with Crippen LogP contribution in [0.4, 0.5) is 11.4 Å². The van der Waals surface area contributed by atoms with E-state index < -0.39 is 0 Å². The van der Waals surface area contributed by atoms with Gasteiger partial charge in [0, 0.05) is 36.8 Å². The topological polar surface area (TPSA) is 58.6 Å². The molecule has 0 bridgehead atoms. The van der Waals surface area contributed by atoms with E-state index in [0.29, 0.717) is 19.1 Å². The van der Waals surface area contributed by atoms with Gasteiger partial charge in [-0.3, -0.25) is 19.7 Å². The molecule has 1 amide bonds. The van der Waals surface area contributed by atoms with E-state index in [1.165, 1.54) is 19.4 Å². The molecular weight excluding hydrogens is 388 g/mol. The molecule has 6 nitrogen and oxygen atoms in total. The highest BCUT2D eigenvalue weighted by molar-refractivity contribution is 6.08. The lowest BCUT2D eigenvalue weighted by Crippen LogP contribution is -2.31. The number of hydrogen-bond donors (Lipinski definition) is 0. The van der Waals surface area contributed by atoms with Crippen LogP contribution < -0.4 is 9.64 Å². The molecule has 5 rings (SSSR count). The van der Waals surface area contributed by atoms with Crippen molar-refractivity contribution in [2.75, 3.05) is 24.6 Å². The predicted molar refractivity (Wildman–Crippen MR) is 122 cm³/mol. The van der Waals surface area contributed by atoms with E-state index in [2.05, 4.69) is 27.9 Å². The fraction of sp³-hybridized carbons (Fsp3) is 0.400. The summed E-state index contributed by atoms with van der Waals surface area (Å²) in [5, 5.41) is 0.923. The summed E-state index contributed by atoms with van der Waals surface area (Å²) in [6.45, 7) is 5.32. The molecule has 0 spiro atoms. The van der Waals surface area contributed by atoms with Crippen molar-refractivity contribution in [2.24, 2.45) is 0 Å². The summed E-state index contributed by atoms with van der Waals surface area (Å²) in [5.41, 5.74) is 3.54. The van der Waals surface area contributed by atoms with Gasteiger partial charge in [0.25, 0.3) is 0 Å². The molecule has 31 heavy (non-hydrogen) atoms. The van der Waals surface area contributed by atoms with Gasteiger partial charge in [-0.2, -0.15) is 0 Å². The highest BCUT2D eigenvalue weighted by Crippen LogP contribution is 2.38. The highest BCUT2D eigenvalue weighted by atomic mass is 16.5. The zero-order valence-corrected chi connectivity index (χ0v) is 18.0. The number of likely N-dealkylation sites (tertiary alicyclic amines) is 1. The third-order valence-electron chi connectivity index (χ3n) is 6.43. The minimum Gasteiger partial charge on any atom is -0.494 e. The van der Waals surface area contributed by atoms with Crippen molar-refractivity contribution < 1.29 is 9.53 Å². The fourth-order valence-corrected chi connectivity index (χ4v) is 4.75. The third kappa shape index (κ3) is 4.00. The Morgan fingerprint density at radius 1 is 1.16 bits per heavy atom. The molecule has 1 fully saturated rings. The molecule has 1 saturated heterocycles. The van der Waals surface area contributed by atoms with E-state index in [9.17, 15) is 4.79 Å². The zero-order valence-electron chi connectivity index (χ0n) is 18.0. The van der Waals surface area contributed by atoms with Crippen molar-refractivity contribution in [3.63, 3.8) is 0 Å². The third-order valence-corrected chi connectivity index (χ3v) is 6.43. The molecule has 6 heteroatoms. The molecule has 2 aliphatic heterocycles. The van der Waals surface area contributed by atoms with E-state index in [0.717, 1.165) is 53.0 Å². The van der Waals surface area contributed by atoms with Crippen LogP contribution in [0.3, 0.4) is 0 Å². The quantitative estimate of drug-likeness (QED) is 0.554. The fourth-order valence-electron chi connectivity index (χ4n) is 4.75. The number of fused-ring (bicyclic) bond motifs is 2. The van der Waals surface area contributed by atoms with Crippen molar-refractivity contribution in [3.05, 3.63) is 54.5 Å². The van der Waals surface area contributed by atoms with Crippen LogP contribution in [0.25, 0.3) is 10.9 Å². The number of aromatic nitrogens is 2. The SMILES string of the molecule is C[C@@H]1CCCN1CCCOc1ccc2c(c1)CCC(=O)N2c1cncc2cccnc12. The molecule has 2 aliphatic rings. The lowest BCUT2D eigenvalue weighted by Gasteiger charge is -2.30. The van der Waals surface area contributed by atoms with Gasteiger partial charge in [-0.05, 0) is 75.0 Å². The second kappa shape index (κ2) is 8.63. The molecule has 0 unspecified atom stereocenters. The average molecular weight is 417 g/mol. The number of aryl methyl sites for hydroxylation is 1. The molecule has 160 valence electrons. The number of rotatable bonds is 6. The van der Waals surface area contributed by atoms with Crippen LogP contribution in [-0.4, -0.2) is 46.5 Å². The minimum atomic E-state index is 0.0702. The molecule has 1 atom stereocenters. The van der Waals surface area contributed by atoms with Crippen LogP contribution >= 0.6 is 0 Å². The Hall–Kier alpha value is -2.99. The van der Waals surface area contributed by atoms with Crippen LogP contribution in [-0.2, 0) is 11.2 Å². The summed E-state index contributed by atoms with van der Waals surface area (Å²) in [6.07, 6.45) is 10.1. The number of anilines is 2. The Balaban J connectivity index is 1.33. The van der Waals surface area contributed by atoms with Crippen LogP contribution in [0, 0.1) is 0 Å². The van der Waals surface area contributed by atoms with Crippen LogP contribution in [0.15, 0.2) is 48.9 Å². The van der Waals surface area contributed by atoms with E-state index in [4.69, 9.17) is 4.74 Å². The lowest BCUT2D eigenvalue weighted by atomic mass is 10.00. The summed E-state index contributed by atoms with van der Waals surface area (Å²) in [7, 11) is 0. The molecule has 3 aromatic rings. The molecule has 2 aromatic heterocycles. The summed E-state index contributed by atoms with van der Waals surface area (Å²) < 4.78 is 6.05. The number of hydrogen-bond acceptors (Lipinski definition) is 5. The average Bonchev–Trinajstić information content (AvgIpc) is 3.21. The zero-order chi connectivity index (χ0) is 21.2. The largest absolute Gasteiger partial charge is 0.494 e. The standard InChI is InChI=1S/C25H28N4O2/c1-18-5-3-12-28(18)13-4-14-31-21-8-9-22-19(15-21)7-10-24(30)29(22)23-17-26-16-20-6-2-11-27-25(20)23/h2,6,8-9,11,15-18H,3-5,7,10,12-14H2,1H3/t18-/m1/s1. The molecule has 1 aromatic carbocycles. The Bertz CT molecular complexity index is 1090. The van der Waals surface area contributed by atoms with Gasteiger partial charge in [-0.15, -0.1) is 0 Å². The van der Waals surface area contributed by atoms with Gasteiger partial charge in [-0.25, -0.2) is 0 Å². The first kappa shape index (κ1) is 19.9. The highest BCUT2D eigenvalue weighted by Gasteiger charge is 2.28. The first-order chi connectivity index (χ1) is 15.2. The Morgan fingerprint density at radius 3 is 2.97 bits per heavy atom. The van der Waals surface area contributed by atoms with Gasteiger partial charge in [0.2, 0.25) is 5.91 Å². The molecular formula is C25H28N4O2. The molecule has 4 heterocycles. The van der Waals surface area contributed by atoms with Gasteiger partial charge < -0.3 is 9.64 Å². The molecule has 0 saturated carbocycles. The normalized spacial score (nSPS) is 19.1. The van der Waals surface area contributed by atoms with Crippen LogP contribution in [0.1, 0.15) is 38.2 Å². The van der Waals surface area contributed by atoms with Crippen molar-refractivity contribution in [1.29, 1.82) is 0 Å². The summed E-state index contributed by atoms with van der Waals surface area (Å²) in [6, 6.07) is 10.6. The summed E-state index contributed by atoms with van der Waals surface area (Å²) in [5.74, 6) is 0.942. The van der Waals surface area contributed by atoms with Gasteiger partial charge in [0.1, 0.15) is 5.75 Å². The number of pyridine rings is 2. The number of amides is 1. The van der Waals surface area contributed by atoms with Crippen molar-refractivity contribution in [1.82, 2.24) is 14.9 Å². The maximum Gasteiger partial charge on any atom is 0.232 e. The van der Waals surface area contributed by atoms with E-state index >= 15 is 0 Å². The maximum atomic E-state index is 12.9. The second-order valence-corrected chi connectivity index (χ2v) is 8.48. The van der Waals surface area contributed by atoms with Gasteiger partial charge in [0.05, 0.1) is 29.7 Å². The Morgan fingerprint density at radius 2 is 2.10 bits per heavy atom. The maximum absolute atomic E-state index is 12.9. The van der Waals surface area contributed by atoms with E-state index in [1.807, 2.05) is 24.3 Å². The van der Waals surface area contributed by atoms with Gasteiger partial charge >= 0.3 is 0 Å². The van der Waals surface area contributed by atoms with E-state index in [1.54, 1.807) is 23.5 Å². The van der Waals surface area contributed by atoms with Crippen molar-refractivity contribution in [3.8, 4) is 5.75 Å². The molecule has 0 aliphatic carbocycles. The summed E-state index contributed by atoms with van der Waals surface area (Å²) >= 11 is 0. The summed E-state index contributed by atoms with van der Waals surface area (Å²) in [4.78, 5) is 26.0. The van der Waals surface area contributed by atoms with Crippen LogP contribution in [0.5, 0.6) is 5.75 Å². The number of benzene rings is 1. The predicted octanol–water partition coefficient (Wildman–Crippen LogP) is 4.49. The Labute approximate surface area is 182 Å². The van der Waals surface area contributed by atoms with Crippen molar-refractivity contribution in [2.45, 2.75) is 45.1 Å². The number of carbonyl (C=O) groups is 1. The number of nitrogens with zero attached hydrogens (tertiary/aromatic N) is 4. The lowest BCUT2D eigenvalue weighted by molar-refractivity contribution is -0.118. The number of ether oxygens (including phenoxy) is 1. The smallest absolute Gasteiger partial charge is 0.232 e.